The molecule has 1 aromatic rings. The van der Waals surface area contributed by atoms with Crippen LogP contribution in [0.1, 0.15) is 35.3 Å². The summed E-state index contributed by atoms with van der Waals surface area (Å²) in [4.78, 5) is 23.7. The molecule has 1 rings (SSSR count). The first-order chi connectivity index (χ1) is 8.93. The van der Waals surface area contributed by atoms with E-state index in [1.165, 1.54) is 0 Å². The van der Waals surface area contributed by atoms with E-state index in [2.05, 4.69) is 0 Å². The average molecular weight is 285 g/mol. The molecule has 0 heterocycles. The first-order valence-corrected chi connectivity index (χ1v) is 6.45. The molecule has 19 heavy (non-hydrogen) atoms. The van der Waals surface area contributed by atoms with Crippen molar-refractivity contribution in [3.8, 4) is 5.75 Å². The van der Waals surface area contributed by atoms with Gasteiger partial charge >= 0.3 is 5.97 Å². The maximum Gasteiger partial charge on any atom is 0.379 e. The number of benzene rings is 1. The van der Waals surface area contributed by atoms with Gasteiger partial charge in [-0.15, -0.1) is 0 Å². The monoisotopic (exact) mass is 284 g/mol. The third-order valence-corrected chi connectivity index (χ3v) is 3.21. The zero-order valence-corrected chi connectivity index (χ0v) is 12.3. The summed E-state index contributed by atoms with van der Waals surface area (Å²) in [6, 6.07) is 1.66. The van der Waals surface area contributed by atoms with Crippen LogP contribution in [0.4, 0.5) is 0 Å². The number of Topliss-reactive ketones (excluding diaryl/α,β-unsaturated/α-hetero) is 1. The average Bonchev–Trinajstić information content (AvgIpc) is 2.36. The standard InChI is InChI=1S/C14H17ClO4/c1-5-18-10-7-8(3)12(15)9(4)11(10)13(16)14(17)19-6-2/h7H,5-6H2,1-4H3. The molecule has 0 aliphatic heterocycles. The van der Waals surface area contributed by atoms with Crippen molar-refractivity contribution >= 4 is 23.4 Å². The van der Waals surface area contributed by atoms with E-state index < -0.39 is 11.8 Å². The number of hydrogen-bond donors (Lipinski definition) is 0. The van der Waals surface area contributed by atoms with E-state index >= 15 is 0 Å². The number of esters is 1. The van der Waals surface area contributed by atoms with Crippen LogP contribution in [-0.2, 0) is 9.53 Å². The molecule has 0 saturated heterocycles. The minimum atomic E-state index is -0.897. The highest BCUT2D eigenvalue weighted by atomic mass is 35.5. The van der Waals surface area contributed by atoms with Crippen LogP contribution in [0.2, 0.25) is 5.02 Å². The predicted octanol–water partition coefficient (Wildman–Crippen LogP) is 3.10. The van der Waals surface area contributed by atoms with Crippen molar-refractivity contribution in [2.75, 3.05) is 13.2 Å². The lowest BCUT2D eigenvalue weighted by atomic mass is 10.0. The second kappa shape index (κ2) is 6.57. The SMILES string of the molecule is CCOC(=O)C(=O)c1c(OCC)cc(C)c(Cl)c1C. The van der Waals surface area contributed by atoms with Crippen LogP contribution in [0, 0.1) is 13.8 Å². The van der Waals surface area contributed by atoms with Crippen LogP contribution >= 0.6 is 11.6 Å². The highest BCUT2D eigenvalue weighted by Gasteiger charge is 2.26. The van der Waals surface area contributed by atoms with Crippen LogP contribution < -0.4 is 4.74 Å². The molecule has 0 unspecified atom stereocenters. The van der Waals surface area contributed by atoms with Crippen LogP contribution in [0.25, 0.3) is 0 Å². The van der Waals surface area contributed by atoms with Gasteiger partial charge in [-0.05, 0) is 44.9 Å². The van der Waals surface area contributed by atoms with Crippen molar-refractivity contribution in [1.82, 2.24) is 0 Å². The summed E-state index contributed by atoms with van der Waals surface area (Å²) >= 11 is 6.12. The Bertz CT molecular complexity index is 509. The zero-order valence-electron chi connectivity index (χ0n) is 11.5. The van der Waals surface area contributed by atoms with Gasteiger partial charge < -0.3 is 9.47 Å². The Morgan fingerprint density at radius 2 is 1.84 bits per heavy atom. The van der Waals surface area contributed by atoms with Gasteiger partial charge in [0.2, 0.25) is 0 Å². The molecule has 0 radical (unpaired) electrons. The molecule has 0 aliphatic carbocycles. The molecule has 0 bridgehead atoms. The lowest BCUT2D eigenvalue weighted by Crippen LogP contribution is -2.20. The second-order valence-corrected chi connectivity index (χ2v) is 4.37. The van der Waals surface area contributed by atoms with E-state index in [9.17, 15) is 9.59 Å². The molecule has 5 heteroatoms. The largest absolute Gasteiger partial charge is 0.493 e. The van der Waals surface area contributed by atoms with Gasteiger partial charge in [0.05, 0.1) is 18.8 Å². The number of carbonyl (C=O) groups is 2. The molecule has 0 N–H and O–H groups in total. The Morgan fingerprint density at radius 1 is 1.21 bits per heavy atom. The van der Waals surface area contributed by atoms with E-state index in [-0.39, 0.29) is 12.2 Å². The van der Waals surface area contributed by atoms with Crippen LogP contribution in [-0.4, -0.2) is 25.0 Å². The number of carbonyl (C=O) groups excluding carboxylic acids is 2. The van der Waals surface area contributed by atoms with E-state index in [0.717, 1.165) is 5.56 Å². The van der Waals surface area contributed by atoms with Crippen molar-refractivity contribution in [1.29, 1.82) is 0 Å². The zero-order chi connectivity index (χ0) is 14.6. The Labute approximate surface area is 117 Å². The fourth-order valence-electron chi connectivity index (χ4n) is 1.77. The Kier molecular flexibility index (Phi) is 5.36. The van der Waals surface area contributed by atoms with Crippen LogP contribution in [0.5, 0.6) is 5.75 Å². The smallest absolute Gasteiger partial charge is 0.379 e. The summed E-state index contributed by atoms with van der Waals surface area (Å²) in [7, 11) is 0. The molecular weight excluding hydrogens is 268 g/mol. The van der Waals surface area contributed by atoms with Crippen LogP contribution in [0.3, 0.4) is 0 Å². The fourth-order valence-corrected chi connectivity index (χ4v) is 1.92. The molecule has 0 aliphatic rings. The van der Waals surface area contributed by atoms with E-state index in [1.807, 2.05) is 6.92 Å². The minimum Gasteiger partial charge on any atom is -0.493 e. The summed E-state index contributed by atoms with van der Waals surface area (Å²) < 4.78 is 10.1. The quantitative estimate of drug-likeness (QED) is 0.474. The van der Waals surface area contributed by atoms with Gasteiger partial charge in [0.15, 0.2) is 0 Å². The number of ketones is 1. The van der Waals surface area contributed by atoms with Gasteiger partial charge in [-0.25, -0.2) is 4.79 Å². The first-order valence-electron chi connectivity index (χ1n) is 6.07. The number of hydrogen-bond acceptors (Lipinski definition) is 4. The number of rotatable bonds is 5. The topological polar surface area (TPSA) is 52.6 Å². The summed E-state index contributed by atoms with van der Waals surface area (Å²) in [6.45, 7) is 7.49. The molecule has 0 atom stereocenters. The predicted molar refractivity (Wildman–Crippen MR) is 73.1 cm³/mol. The lowest BCUT2D eigenvalue weighted by molar-refractivity contribution is -0.137. The van der Waals surface area contributed by atoms with Gasteiger partial charge in [0.1, 0.15) is 5.75 Å². The van der Waals surface area contributed by atoms with E-state index in [1.54, 1.807) is 26.8 Å². The molecule has 4 nitrogen and oxygen atoms in total. The fraction of sp³-hybridized carbons (Fsp3) is 0.429. The molecule has 1 aromatic carbocycles. The van der Waals surface area contributed by atoms with E-state index in [0.29, 0.717) is 22.9 Å². The Balaban J connectivity index is 3.35. The summed E-state index contributed by atoms with van der Waals surface area (Å²) in [5.74, 6) is -1.27. The van der Waals surface area contributed by atoms with Crippen molar-refractivity contribution in [3.63, 3.8) is 0 Å². The third kappa shape index (κ3) is 3.26. The summed E-state index contributed by atoms with van der Waals surface area (Å²) in [6.07, 6.45) is 0. The molecule has 0 aromatic heterocycles. The van der Waals surface area contributed by atoms with Gasteiger partial charge in [-0.3, -0.25) is 4.79 Å². The van der Waals surface area contributed by atoms with Crippen molar-refractivity contribution in [3.05, 3.63) is 27.8 Å². The van der Waals surface area contributed by atoms with Gasteiger partial charge in [0, 0.05) is 5.02 Å². The van der Waals surface area contributed by atoms with Gasteiger partial charge in [-0.2, -0.15) is 0 Å². The molecular formula is C14H17ClO4. The van der Waals surface area contributed by atoms with Crippen molar-refractivity contribution < 1.29 is 19.1 Å². The number of aryl methyl sites for hydroxylation is 1. The number of halogens is 1. The minimum absolute atomic E-state index is 0.146. The van der Waals surface area contributed by atoms with Gasteiger partial charge in [-0.1, -0.05) is 11.6 Å². The van der Waals surface area contributed by atoms with Crippen molar-refractivity contribution in [2.45, 2.75) is 27.7 Å². The lowest BCUT2D eigenvalue weighted by Gasteiger charge is -2.14. The maximum atomic E-state index is 12.1. The Hall–Kier alpha value is -1.55. The highest BCUT2D eigenvalue weighted by molar-refractivity contribution is 6.42. The molecule has 0 saturated carbocycles. The third-order valence-electron chi connectivity index (χ3n) is 2.63. The van der Waals surface area contributed by atoms with Gasteiger partial charge in [0.25, 0.3) is 5.78 Å². The second-order valence-electron chi connectivity index (χ2n) is 3.99. The normalized spacial score (nSPS) is 10.2. The molecule has 0 fully saturated rings. The van der Waals surface area contributed by atoms with Crippen LogP contribution in [0.15, 0.2) is 6.07 Å². The maximum absolute atomic E-state index is 12.1. The molecule has 104 valence electrons. The molecule has 0 amide bonds. The Morgan fingerprint density at radius 3 is 2.37 bits per heavy atom. The highest BCUT2D eigenvalue weighted by Crippen LogP contribution is 2.32. The number of ether oxygens (including phenoxy) is 2. The summed E-state index contributed by atoms with van der Waals surface area (Å²) in [5.41, 5.74) is 1.50. The molecule has 0 spiro atoms. The first kappa shape index (κ1) is 15.5. The van der Waals surface area contributed by atoms with Crippen molar-refractivity contribution in [2.24, 2.45) is 0 Å². The summed E-state index contributed by atoms with van der Waals surface area (Å²) in [5, 5.41) is 0.455. The van der Waals surface area contributed by atoms with E-state index in [4.69, 9.17) is 21.1 Å².